The minimum Gasteiger partial charge on any atom is -0.311 e. The van der Waals surface area contributed by atoms with Crippen LogP contribution in [0.5, 0.6) is 0 Å². The van der Waals surface area contributed by atoms with Crippen LogP contribution in [0.1, 0.15) is 18.1 Å². The number of allylic oxidation sites excluding steroid dienone is 3. The molecule has 0 saturated heterocycles. The Kier molecular flexibility index (Phi) is 9.78. The molecule has 0 heterocycles. The van der Waals surface area contributed by atoms with Crippen molar-refractivity contribution < 1.29 is 8.78 Å². The normalized spacial score (nSPS) is 12.1. The molecule has 2 rings (SSSR count). The average molecular weight is 417 g/mol. The average Bonchev–Trinajstić information content (AvgIpc) is 2.72. The minimum absolute atomic E-state index is 0.515. The molecule has 0 aliphatic heterocycles. The Labute approximate surface area is 177 Å². The van der Waals surface area contributed by atoms with E-state index in [2.05, 4.69) is 16.8 Å². The molecule has 154 valence electrons. The number of halogens is 3. The van der Waals surface area contributed by atoms with Crippen LogP contribution < -0.4 is 5.32 Å². The quantitative estimate of drug-likeness (QED) is 0.362. The third kappa shape index (κ3) is 8.32. The highest BCUT2D eigenvalue weighted by Crippen LogP contribution is 2.13. The molecule has 2 aromatic rings. The summed E-state index contributed by atoms with van der Waals surface area (Å²) in [6.45, 7) is 9.24. The Morgan fingerprint density at radius 1 is 1.10 bits per heavy atom. The third-order valence-electron chi connectivity index (χ3n) is 4.41. The molecule has 0 aromatic heterocycles. The molecular weight excluding hydrogens is 390 g/mol. The first-order valence-electron chi connectivity index (χ1n) is 9.57. The Bertz CT molecular complexity index is 844. The minimum atomic E-state index is -0.829. The largest absolute Gasteiger partial charge is 0.311 e. The summed E-state index contributed by atoms with van der Waals surface area (Å²) in [4.78, 5) is 2.18. The van der Waals surface area contributed by atoms with Crippen molar-refractivity contribution in [3.63, 3.8) is 0 Å². The van der Waals surface area contributed by atoms with Gasteiger partial charge in [-0.2, -0.15) is 0 Å². The van der Waals surface area contributed by atoms with Crippen LogP contribution in [0.2, 0.25) is 5.02 Å². The van der Waals surface area contributed by atoms with E-state index >= 15 is 0 Å². The molecule has 2 aromatic carbocycles. The predicted octanol–water partition coefficient (Wildman–Crippen LogP) is 5.90. The van der Waals surface area contributed by atoms with Gasteiger partial charge in [0, 0.05) is 37.7 Å². The van der Waals surface area contributed by atoms with E-state index in [-0.39, 0.29) is 0 Å². The molecular formula is C24H27ClF2N2. The van der Waals surface area contributed by atoms with Gasteiger partial charge in [0.15, 0.2) is 11.6 Å². The third-order valence-corrected chi connectivity index (χ3v) is 4.66. The van der Waals surface area contributed by atoms with Crippen LogP contribution in [-0.4, -0.2) is 24.5 Å². The van der Waals surface area contributed by atoms with Crippen molar-refractivity contribution >= 4 is 11.6 Å². The summed E-state index contributed by atoms with van der Waals surface area (Å²) >= 11 is 5.92. The van der Waals surface area contributed by atoms with Gasteiger partial charge in [-0.15, -0.1) is 0 Å². The molecule has 1 N–H and O–H groups in total. The van der Waals surface area contributed by atoms with Crippen LogP contribution in [0.3, 0.4) is 0 Å². The first-order chi connectivity index (χ1) is 14.0. The Hall–Kier alpha value is -2.27. The Balaban J connectivity index is 1.99. The fourth-order valence-electron chi connectivity index (χ4n) is 2.85. The second kappa shape index (κ2) is 12.3. The van der Waals surface area contributed by atoms with Gasteiger partial charge in [0.2, 0.25) is 0 Å². The second-order valence-corrected chi connectivity index (χ2v) is 7.17. The van der Waals surface area contributed by atoms with E-state index in [1.165, 1.54) is 12.1 Å². The number of benzene rings is 2. The van der Waals surface area contributed by atoms with Crippen LogP contribution in [0, 0.1) is 11.6 Å². The fourth-order valence-corrected chi connectivity index (χ4v) is 2.97. The van der Waals surface area contributed by atoms with E-state index in [4.69, 9.17) is 11.6 Å². The van der Waals surface area contributed by atoms with Gasteiger partial charge in [-0.3, -0.25) is 4.90 Å². The molecule has 0 aliphatic rings. The zero-order valence-electron chi connectivity index (χ0n) is 16.7. The molecule has 0 radical (unpaired) electrons. The monoisotopic (exact) mass is 416 g/mol. The van der Waals surface area contributed by atoms with Crippen molar-refractivity contribution in [1.82, 2.24) is 10.2 Å². The lowest BCUT2D eigenvalue weighted by atomic mass is 10.1. The Morgan fingerprint density at radius 3 is 2.48 bits per heavy atom. The predicted molar refractivity (Wildman–Crippen MR) is 118 cm³/mol. The van der Waals surface area contributed by atoms with Crippen molar-refractivity contribution in [2.75, 3.05) is 19.6 Å². The van der Waals surface area contributed by atoms with E-state index in [9.17, 15) is 8.78 Å². The zero-order chi connectivity index (χ0) is 21.1. The lowest BCUT2D eigenvalue weighted by molar-refractivity contribution is 0.288. The Morgan fingerprint density at radius 2 is 1.83 bits per heavy atom. The summed E-state index contributed by atoms with van der Waals surface area (Å²) in [5.41, 5.74) is 2.95. The topological polar surface area (TPSA) is 15.3 Å². The van der Waals surface area contributed by atoms with E-state index in [1.807, 2.05) is 55.5 Å². The summed E-state index contributed by atoms with van der Waals surface area (Å²) in [5, 5.41) is 4.13. The second-order valence-electron chi connectivity index (χ2n) is 6.73. The van der Waals surface area contributed by atoms with Gasteiger partial charge in [-0.1, -0.05) is 60.7 Å². The zero-order valence-corrected chi connectivity index (χ0v) is 17.4. The number of nitrogens with one attached hydrogen (secondary N) is 1. The standard InChI is InChI=1S/C24H27ClF2N2/c1-3-5-6-19(4-2)17-29(18-21-9-12-23(26)24(27)15-21)14-13-28-16-20-7-10-22(25)11-8-20/h3-12,15,28H,2,13-14,16-18H2,1H3/b5-3-,19-6+. The molecule has 0 spiro atoms. The molecule has 0 aliphatic carbocycles. The maximum absolute atomic E-state index is 13.6. The van der Waals surface area contributed by atoms with Gasteiger partial charge in [-0.05, 0) is 47.9 Å². The van der Waals surface area contributed by atoms with E-state index in [0.717, 1.165) is 41.4 Å². The highest BCUT2D eigenvalue weighted by atomic mass is 35.5. The molecule has 0 amide bonds. The van der Waals surface area contributed by atoms with E-state index < -0.39 is 11.6 Å². The van der Waals surface area contributed by atoms with Gasteiger partial charge >= 0.3 is 0 Å². The molecule has 5 heteroatoms. The van der Waals surface area contributed by atoms with Gasteiger partial charge in [0.1, 0.15) is 0 Å². The fraction of sp³-hybridized carbons (Fsp3) is 0.250. The van der Waals surface area contributed by atoms with E-state index in [1.54, 1.807) is 6.07 Å². The van der Waals surface area contributed by atoms with Crippen molar-refractivity contribution in [3.05, 3.63) is 107 Å². The number of hydrogen-bond acceptors (Lipinski definition) is 2. The summed E-state index contributed by atoms with van der Waals surface area (Å²) in [7, 11) is 0. The van der Waals surface area contributed by atoms with E-state index in [0.29, 0.717) is 13.1 Å². The molecule has 0 atom stereocenters. The van der Waals surface area contributed by atoms with Gasteiger partial charge < -0.3 is 5.32 Å². The summed E-state index contributed by atoms with van der Waals surface area (Å²) in [6.07, 6.45) is 7.74. The SMILES string of the molecule is C=C/C(=C\C=C/C)CN(CCNCc1ccc(Cl)cc1)Cc1ccc(F)c(F)c1. The van der Waals surface area contributed by atoms with Crippen LogP contribution in [-0.2, 0) is 13.1 Å². The van der Waals surface area contributed by atoms with Gasteiger partial charge in [0.25, 0.3) is 0 Å². The molecule has 0 saturated carbocycles. The number of nitrogens with zero attached hydrogens (tertiary/aromatic N) is 1. The van der Waals surface area contributed by atoms with Crippen molar-refractivity contribution in [3.8, 4) is 0 Å². The smallest absolute Gasteiger partial charge is 0.159 e. The molecule has 0 bridgehead atoms. The first kappa shape index (κ1) is 23.0. The van der Waals surface area contributed by atoms with Crippen LogP contribution >= 0.6 is 11.6 Å². The molecule has 2 nitrogen and oxygen atoms in total. The van der Waals surface area contributed by atoms with Gasteiger partial charge in [0.05, 0.1) is 0 Å². The first-order valence-corrected chi connectivity index (χ1v) is 9.95. The molecule has 29 heavy (non-hydrogen) atoms. The highest BCUT2D eigenvalue weighted by Gasteiger charge is 2.10. The number of rotatable bonds is 11. The number of hydrogen-bond donors (Lipinski definition) is 1. The van der Waals surface area contributed by atoms with Gasteiger partial charge in [-0.25, -0.2) is 8.78 Å². The molecule has 0 fully saturated rings. The highest BCUT2D eigenvalue weighted by molar-refractivity contribution is 6.30. The summed E-state index contributed by atoms with van der Waals surface area (Å²) < 4.78 is 26.8. The maximum atomic E-state index is 13.6. The summed E-state index contributed by atoms with van der Waals surface area (Å²) in [6, 6.07) is 11.8. The lowest BCUT2D eigenvalue weighted by Gasteiger charge is -2.23. The molecule has 0 unspecified atom stereocenters. The van der Waals surface area contributed by atoms with Crippen molar-refractivity contribution in [2.24, 2.45) is 0 Å². The van der Waals surface area contributed by atoms with Crippen LogP contribution in [0.15, 0.2) is 78.9 Å². The lowest BCUT2D eigenvalue weighted by Crippen LogP contribution is -2.33. The van der Waals surface area contributed by atoms with Crippen molar-refractivity contribution in [2.45, 2.75) is 20.0 Å². The van der Waals surface area contributed by atoms with Crippen LogP contribution in [0.25, 0.3) is 0 Å². The maximum Gasteiger partial charge on any atom is 0.159 e. The van der Waals surface area contributed by atoms with Crippen LogP contribution in [0.4, 0.5) is 8.78 Å². The van der Waals surface area contributed by atoms with Crippen molar-refractivity contribution in [1.29, 1.82) is 0 Å². The summed E-state index contributed by atoms with van der Waals surface area (Å²) in [5.74, 6) is -1.65.